The van der Waals surface area contributed by atoms with Gasteiger partial charge in [0.1, 0.15) is 11.6 Å². The van der Waals surface area contributed by atoms with Crippen LogP contribution in [0.1, 0.15) is 25.1 Å². The lowest BCUT2D eigenvalue weighted by atomic mass is 10.1. The second kappa shape index (κ2) is 9.53. The molecule has 0 aliphatic carbocycles. The Bertz CT molecular complexity index is 700. The highest BCUT2D eigenvalue weighted by Crippen LogP contribution is 2.24. The topological polar surface area (TPSA) is 44.3 Å². The molecule has 5 nitrogen and oxygen atoms in total. The number of thioether (sulfide) groups is 1. The quantitative estimate of drug-likeness (QED) is 0.716. The van der Waals surface area contributed by atoms with Gasteiger partial charge in [0.15, 0.2) is 0 Å². The van der Waals surface area contributed by atoms with Gasteiger partial charge >= 0.3 is 0 Å². The molecule has 0 radical (unpaired) electrons. The molecular weight excluding hydrogens is 342 g/mol. The Morgan fingerprint density at radius 1 is 1.12 bits per heavy atom. The van der Waals surface area contributed by atoms with Crippen molar-refractivity contribution < 1.29 is 0 Å². The van der Waals surface area contributed by atoms with Crippen molar-refractivity contribution >= 4 is 28.5 Å². The summed E-state index contributed by atoms with van der Waals surface area (Å²) in [5.74, 6) is 4.43. The highest BCUT2D eigenvalue weighted by molar-refractivity contribution is 7.99. The molecule has 1 aromatic heterocycles. The number of anilines is 1. The van der Waals surface area contributed by atoms with E-state index in [1.54, 1.807) is 0 Å². The van der Waals surface area contributed by atoms with Crippen LogP contribution < -0.4 is 5.32 Å². The molecule has 1 N–H and O–H groups in total. The third kappa shape index (κ3) is 5.32. The Hall–Kier alpha value is -1.37. The van der Waals surface area contributed by atoms with E-state index in [9.17, 15) is 0 Å². The van der Waals surface area contributed by atoms with E-state index in [2.05, 4.69) is 72.3 Å². The van der Waals surface area contributed by atoms with E-state index in [1.807, 2.05) is 0 Å². The second-order valence-corrected chi connectivity index (χ2v) is 8.57. The third-order valence-corrected chi connectivity index (χ3v) is 5.98. The minimum absolute atomic E-state index is 0.655. The molecule has 0 amide bonds. The first-order valence-corrected chi connectivity index (χ1v) is 10.7. The molecule has 2 aromatic rings. The van der Waals surface area contributed by atoms with Gasteiger partial charge in [0.05, 0.1) is 12.1 Å². The van der Waals surface area contributed by atoms with Crippen LogP contribution >= 0.6 is 11.8 Å². The molecule has 2 heterocycles. The number of nitrogens with one attached hydrogen (secondary N) is 1. The van der Waals surface area contributed by atoms with E-state index >= 15 is 0 Å². The summed E-state index contributed by atoms with van der Waals surface area (Å²) < 4.78 is 0. The molecule has 0 saturated carbocycles. The van der Waals surface area contributed by atoms with E-state index < -0.39 is 0 Å². The summed E-state index contributed by atoms with van der Waals surface area (Å²) in [5.41, 5.74) is 1.03. The average Bonchev–Trinajstić information content (AvgIpc) is 2.65. The number of aromatic nitrogens is 2. The van der Waals surface area contributed by atoms with Crippen LogP contribution in [-0.2, 0) is 6.54 Å². The molecule has 3 rings (SSSR count). The van der Waals surface area contributed by atoms with Crippen LogP contribution in [0.15, 0.2) is 24.3 Å². The lowest BCUT2D eigenvalue weighted by Gasteiger charge is -2.30. The molecular formula is C20H31N5S. The number of benzene rings is 1. The van der Waals surface area contributed by atoms with E-state index in [0.29, 0.717) is 6.04 Å². The van der Waals surface area contributed by atoms with Gasteiger partial charge in [-0.1, -0.05) is 12.1 Å². The lowest BCUT2D eigenvalue weighted by molar-refractivity contribution is 0.216. The normalized spacial score (nSPS) is 15.9. The first kappa shape index (κ1) is 19.4. The molecule has 26 heavy (non-hydrogen) atoms. The minimum atomic E-state index is 0.655. The smallest absolute Gasteiger partial charge is 0.145 e. The van der Waals surface area contributed by atoms with E-state index in [-0.39, 0.29) is 0 Å². The Balaban J connectivity index is 1.73. The predicted molar refractivity (Wildman–Crippen MR) is 113 cm³/mol. The lowest BCUT2D eigenvalue weighted by Crippen LogP contribution is -2.34. The van der Waals surface area contributed by atoms with E-state index in [4.69, 9.17) is 9.97 Å². The average molecular weight is 374 g/mol. The van der Waals surface area contributed by atoms with Gasteiger partial charge in [-0.3, -0.25) is 4.90 Å². The van der Waals surface area contributed by atoms with Crippen LogP contribution in [0.3, 0.4) is 0 Å². The molecule has 0 atom stereocenters. The van der Waals surface area contributed by atoms with Crippen LogP contribution in [0.5, 0.6) is 0 Å². The molecule has 1 saturated heterocycles. The number of hydrogen-bond donors (Lipinski definition) is 1. The highest BCUT2D eigenvalue weighted by Gasteiger charge is 2.19. The van der Waals surface area contributed by atoms with Gasteiger partial charge in [0.25, 0.3) is 0 Å². The Labute approximate surface area is 161 Å². The molecule has 1 fully saturated rings. The summed E-state index contributed by atoms with van der Waals surface area (Å²) in [6.07, 6.45) is 3.63. The van der Waals surface area contributed by atoms with Gasteiger partial charge < -0.3 is 10.2 Å². The number of nitrogens with zero attached hydrogens (tertiary/aromatic N) is 4. The van der Waals surface area contributed by atoms with Gasteiger partial charge in [0.2, 0.25) is 0 Å². The van der Waals surface area contributed by atoms with Gasteiger partial charge in [-0.25, -0.2) is 9.97 Å². The number of para-hydroxylation sites is 1. The summed E-state index contributed by atoms with van der Waals surface area (Å²) in [7, 11) is 6.43. The van der Waals surface area contributed by atoms with Crippen LogP contribution in [0.25, 0.3) is 10.9 Å². The van der Waals surface area contributed by atoms with E-state index in [1.165, 1.54) is 24.3 Å². The largest absolute Gasteiger partial charge is 0.369 e. The van der Waals surface area contributed by atoms with Gasteiger partial charge in [-0.15, -0.1) is 0 Å². The molecule has 0 spiro atoms. The van der Waals surface area contributed by atoms with Crippen molar-refractivity contribution in [3.05, 3.63) is 30.1 Å². The molecule has 6 heteroatoms. The monoisotopic (exact) mass is 373 g/mol. The fraction of sp³-hybridized carbons (Fsp3) is 0.600. The van der Waals surface area contributed by atoms with Gasteiger partial charge in [0, 0.05) is 18.0 Å². The van der Waals surface area contributed by atoms with E-state index in [0.717, 1.165) is 48.6 Å². The summed E-state index contributed by atoms with van der Waals surface area (Å²) >= 11 is 2.07. The van der Waals surface area contributed by atoms with Crippen molar-refractivity contribution in [3.63, 3.8) is 0 Å². The predicted octanol–water partition coefficient (Wildman–Crippen LogP) is 3.32. The minimum Gasteiger partial charge on any atom is -0.369 e. The molecule has 142 valence electrons. The van der Waals surface area contributed by atoms with Gasteiger partial charge in [-0.2, -0.15) is 11.8 Å². The summed E-state index contributed by atoms with van der Waals surface area (Å²) in [4.78, 5) is 14.3. The second-order valence-electron chi connectivity index (χ2n) is 7.35. The number of rotatable bonds is 8. The summed E-state index contributed by atoms with van der Waals surface area (Å²) in [6.45, 7) is 2.81. The molecule has 0 bridgehead atoms. The van der Waals surface area contributed by atoms with Crippen LogP contribution in [0.2, 0.25) is 0 Å². The maximum absolute atomic E-state index is 4.87. The molecule has 0 unspecified atom stereocenters. The zero-order valence-corrected chi connectivity index (χ0v) is 17.1. The maximum atomic E-state index is 4.87. The Morgan fingerprint density at radius 3 is 2.65 bits per heavy atom. The van der Waals surface area contributed by atoms with Crippen molar-refractivity contribution in [3.8, 4) is 0 Å². The van der Waals surface area contributed by atoms with Gasteiger partial charge in [-0.05, 0) is 70.6 Å². The Kier molecular flexibility index (Phi) is 7.11. The standard InChI is InChI=1S/C20H31N5S/c1-24(2)12-6-11-21-20-17-7-4-5-8-18(17)22-19(23-20)15-25(3)16-9-13-26-14-10-16/h4-5,7-8,16H,6,9-15H2,1-3H3,(H,21,22,23). The maximum Gasteiger partial charge on any atom is 0.145 e. The molecule has 1 aliphatic heterocycles. The zero-order chi connectivity index (χ0) is 18.4. The van der Waals surface area contributed by atoms with Crippen molar-refractivity contribution in [2.75, 3.05) is 51.1 Å². The Morgan fingerprint density at radius 2 is 1.88 bits per heavy atom. The number of fused-ring (bicyclic) bond motifs is 1. The van der Waals surface area contributed by atoms with Crippen LogP contribution in [0.4, 0.5) is 5.82 Å². The summed E-state index contributed by atoms with van der Waals surface area (Å²) in [5, 5.41) is 4.65. The fourth-order valence-electron chi connectivity index (χ4n) is 3.41. The SMILES string of the molecule is CN(C)CCCNc1nc(CN(C)C2CCSCC2)nc2ccccc12. The first-order chi connectivity index (χ1) is 12.6. The zero-order valence-electron chi connectivity index (χ0n) is 16.2. The van der Waals surface area contributed by atoms with Crippen molar-refractivity contribution in [2.45, 2.75) is 31.8 Å². The highest BCUT2D eigenvalue weighted by atomic mass is 32.2. The summed E-state index contributed by atoms with van der Waals surface area (Å²) in [6, 6.07) is 8.96. The van der Waals surface area contributed by atoms with Crippen molar-refractivity contribution in [1.29, 1.82) is 0 Å². The molecule has 1 aromatic carbocycles. The fourth-order valence-corrected chi connectivity index (χ4v) is 4.49. The third-order valence-electron chi connectivity index (χ3n) is 4.93. The van der Waals surface area contributed by atoms with Crippen LogP contribution in [0, 0.1) is 0 Å². The van der Waals surface area contributed by atoms with Crippen LogP contribution in [-0.4, -0.2) is 71.5 Å². The van der Waals surface area contributed by atoms with Crippen molar-refractivity contribution in [2.24, 2.45) is 0 Å². The number of hydrogen-bond acceptors (Lipinski definition) is 6. The molecule has 1 aliphatic rings. The van der Waals surface area contributed by atoms with Crippen molar-refractivity contribution in [1.82, 2.24) is 19.8 Å². The first-order valence-electron chi connectivity index (χ1n) is 9.56.